The van der Waals surface area contributed by atoms with Crippen LogP contribution in [0.4, 0.5) is 5.69 Å². The summed E-state index contributed by atoms with van der Waals surface area (Å²) in [5.74, 6) is 0.569. The molecule has 2 amide bonds. The van der Waals surface area contributed by atoms with E-state index in [4.69, 9.17) is 4.42 Å². The maximum absolute atomic E-state index is 12.8. The molecule has 2 aliphatic rings. The van der Waals surface area contributed by atoms with Crippen LogP contribution in [-0.4, -0.2) is 29.8 Å². The van der Waals surface area contributed by atoms with Crippen molar-refractivity contribution in [2.45, 2.75) is 19.4 Å². The van der Waals surface area contributed by atoms with Gasteiger partial charge in [-0.2, -0.15) is 0 Å². The van der Waals surface area contributed by atoms with E-state index in [9.17, 15) is 9.59 Å². The Labute approximate surface area is 134 Å². The van der Waals surface area contributed by atoms with Gasteiger partial charge >= 0.3 is 0 Å². The van der Waals surface area contributed by atoms with Gasteiger partial charge in [-0.15, -0.1) is 0 Å². The number of para-hydroxylation sites is 1. The largest absolute Gasteiger partial charge is 0.467 e. The van der Waals surface area contributed by atoms with E-state index in [0.29, 0.717) is 19.6 Å². The summed E-state index contributed by atoms with van der Waals surface area (Å²) < 4.78 is 5.30. The van der Waals surface area contributed by atoms with Gasteiger partial charge in [0.1, 0.15) is 5.76 Å². The Bertz CT molecular complexity index is 738. The SMILES string of the molecule is O=C1C[C@@H](C(=O)N2CCc3ccccc32)CN1Cc1ccco1. The molecule has 2 aromatic rings. The van der Waals surface area contributed by atoms with Gasteiger partial charge in [0.2, 0.25) is 11.8 Å². The summed E-state index contributed by atoms with van der Waals surface area (Å²) in [5, 5.41) is 0. The van der Waals surface area contributed by atoms with E-state index in [2.05, 4.69) is 6.07 Å². The van der Waals surface area contributed by atoms with Crippen molar-refractivity contribution in [3.05, 3.63) is 54.0 Å². The minimum Gasteiger partial charge on any atom is -0.467 e. The molecule has 2 aliphatic heterocycles. The zero-order valence-corrected chi connectivity index (χ0v) is 12.8. The first-order chi connectivity index (χ1) is 11.2. The van der Waals surface area contributed by atoms with Gasteiger partial charge in [0, 0.05) is 25.2 Å². The first-order valence-electron chi connectivity index (χ1n) is 7.92. The number of hydrogen-bond acceptors (Lipinski definition) is 3. The van der Waals surface area contributed by atoms with Crippen molar-refractivity contribution in [3.63, 3.8) is 0 Å². The van der Waals surface area contributed by atoms with Crippen LogP contribution in [0.3, 0.4) is 0 Å². The van der Waals surface area contributed by atoms with Crippen LogP contribution in [0.1, 0.15) is 17.7 Å². The molecule has 0 aliphatic carbocycles. The molecule has 0 radical (unpaired) electrons. The van der Waals surface area contributed by atoms with Gasteiger partial charge in [-0.05, 0) is 30.2 Å². The molecule has 1 aromatic carbocycles. The highest BCUT2D eigenvalue weighted by atomic mass is 16.3. The lowest BCUT2D eigenvalue weighted by Crippen LogP contribution is -2.36. The van der Waals surface area contributed by atoms with E-state index in [-0.39, 0.29) is 24.2 Å². The van der Waals surface area contributed by atoms with Crippen LogP contribution in [0.25, 0.3) is 0 Å². The van der Waals surface area contributed by atoms with Gasteiger partial charge in [0.25, 0.3) is 0 Å². The van der Waals surface area contributed by atoms with E-state index in [1.54, 1.807) is 17.2 Å². The molecular formula is C18H18N2O3. The monoisotopic (exact) mass is 310 g/mol. The molecule has 0 spiro atoms. The van der Waals surface area contributed by atoms with Gasteiger partial charge in [0.15, 0.2) is 0 Å². The van der Waals surface area contributed by atoms with Crippen LogP contribution in [0.15, 0.2) is 47.1 Å². The van der Waals surface area contributed by atoms with Crippen LogP contribution in [0.5, 0.6) is 0 Å². The second-order valence-electron chi connectivity index (χ2n) is 6.12. The van der Waals surface area contributed by atoms with E-state index in [1.807, 2.05) is 29.2 Å². The van der Waals surface area contributed by atoms with Gasteiger partial charge in [-0.1, -0.05) is 18.2 Å². The molecule has 0 saturated carbocycles. The number of furan rings is 1. The molecule has 1 aromatic heterocycles. The van der Waals surface area contributed by atoms with Crippen molar-refractivity contribution < 1.29 is 14.0 Å². The van der Waals surface area contributed by atoms with Gasteiger partial charge in [-0.3, -0.25) is 9.59 Å². The predicted octanol–water partition coefficient (Wildman–Crippen LogP) is 2.22. The fraction of sp³-hybridized carbons (Fsp3) is 0.333. The minimum absolute atomic E-state index is 0.0206. The molecule has 1 fully saturated rings. The molecule has 1 saturated heterocycles. The first kappa shape index (κ1) is 14.1. The molecule has 4 rings (SSSR count). The summed E-state index contributed by atoms with van der Waals surface area (Å²) in [6.07, 6.45) is 2.77. The lowest BCUT2D eigenvalue weighted by molar-refractivity contribution is -0.129. The number of likely N-dealkylation sites (tertiary alicyclic amines) is 1. The fourth-order valence-electron chi connectivity index (χ4n) is 3.47. The number of anilines is 1. The number of amides is 2. The maximum atomic E-state index is 12.8. The maximum Gasteiger partial charge on any atom is 0.232 e. The van der Waals surface area contributed by atoms with Crippen molar-refractivity contribution in [2.75, 3.05) is 18.0 Å². The number of carbonyl (C=O) groups excluding carboxylic acids is 2. The van der Waals surface area contributed by atoms with Crippen LogP contribution in [0, 0.1) is 5.92 Å². The average molecular weight is 310 g/mol. The third-order valence-electron chi connectivity index (χ3n) is 4.64. The number of nitrogens with zero attached hydrogens (tertiary/aromatic N) is 2. The van der Waals surface area contributed by atoms with Crippen molar-refractivity contribution in [1.82, 2.24) is 4.90 Å². The number of fused-ring (bicyclic) bond motifs is 1. The normalized spacial score (nSPS) is 20.2. The van der Waals surface area contributed by atoms with Gasteiger partial charge in [0.05, 0.1) is 18.7 Å². The summed E-state index contributed by atoms with van der Waals surface area (Å²) in [5.41, 5.74) is 2.20. The van der Waals surface area contributed by atoms with Crippen molar-refractivity contribution in [1.29, 1.82) is 0 Å². The summed E-state index contributed by atoms with van der Waals surface area (Å²) in [6.45, 7) is 1.62. The molecule has 23 heavy (non-hydrogen) atoms. The standard InChI is InChI=1S/C18H18N2O3/c21-17-10-14(11-19(17)12-15-5-3-9-23-15)18(22)20-8-7-13-4-1-2-6-16(13)20/h1-6,9,14H,7-8,10-12H2/t14-/m1/s1. The summed E-state index contributed by atoms with van der Waals surface area (Å²) in [4.78, 5) is 28.6. The van der Waals surface area contributed by atoms with E-state index >= 15 is 0 Å². The third kappa shape index (κ3) is 2.52. The second kappa shape index (κ2) is 5.57. The number of carbonyl (C=O) groups is 2. The smallest absolute Gasteiger partial charge is 0.232 e. The fourth-order valence-corrected chi connectivity index (χ4v) is 3.47. The van der Waals surface area contributed by atoms with Gasteiger partial charge in [-0.25, -0.2) is 0 Å². The third-order valence-corrected chi connectivity index (χ3v) is 4.64. The first-order valence-corrected chi connectivity index (χ1v) is 7.92. The Kier molecular flexibility index (Phi) is 3.41. The van der Waals surface area contributed by atoms with Crippen molar-refractivity contribution in [2.24, 2.45) is 5.92 Å². The van der Waals surface area contributed by atoms with Crippen molar-refractivity contribution in [3.8, 4) is 0 Å². The Morgan fingerprint density at radius 2 is 2.09 bits per heavy atom. The molecule has 0 N–H and O–H groups in total. The quantitative estimate of drug-likeness (QED) is 0.873. The van der Waals surface area contributed by atoms with E-state index < -0.39 is 0 Å². The van der Waals surface area contributed by atoms with Crippen LogP contribution < -0.4 is 4.90 Å². The highest BCUT2D eigenvalue weighted by Crippen LogP contribution is 2.31. The number of hydrogen-bond donors (Lipinski definition) is 0. The van der Waals surface area contributed by atoms with Crippen LogP contribution in [0.2, 0.25) is 0 Å². The van der Waals surface area contributed by atoms with Crippen LogP contribution in [-0.2, 0) is 22.6 Å². The highest BCUT2D eigenvalue weighted by Gasteiger charge is 2.38. The Morgan fingerprint density at radius 3 is 2.91 bits per heavy atom. The Hall–Kier alpha value is -2.56. The van der Waals surface area contributed by atoms with Crippen LogP contribution >= 0.6 is 0 Å². The summed E-state index contributed by atoms with van der Waals surface area (Å²) in [7, 11) is 0. The number of rotatable bonds is 3. The Morgan fingerprint density at radius 1 is 1.22 bits per heavy atom. The average Bonchev–Trinajstić information content (AvgIpc) is 3.28. The zero-order valence-electron chi connectivity index (χ0n) is 12.8. The molecule has 5 nitrogen and oxygen atoms in total. The summed E-state index contributed by atoms with van der Waals surface area (Å²) >= 11 is 0. The summed E-state index contributed by atoms with van der Waals surface area (Å²) in [6, 6.07) is 11.6. The molecule has 1 atom stereocenters. The predicted molar refractivity (Wildman–Crippen MR) is 84.7 cm³/mol. The minimum atomic E-state index is -0.261. The van der Waals surface area contributed by atoms with Gasteiger partial charge < -0.3 is 14.2 Å². The molecule has 0 bridgehead atoms. The Balaban J connectivity index is 1.47. The number of benzene rings is 1. The van der Waals surface area contributed by atoms with Crippen molar-refractivity contribution >= 4 is 17.5 Å². The van der Waals surface area contributed by atoms with E-state index in [1.165, 1.54) is 5.56 Å². The molecule has 5 heteroatoms. The zero-order chi connectivity index (χ0) is 15.8. The van der Waals surface area contributed by atoms with E-state index in [0.717, 1.165) is 17.9 Å². The molecule has 0 unspecified atom stereocenters. The topological polar surface area (TPSA) is 53.8 Å². The molecule has 118 valence electrons. The lowest BCUT2D eigenvalue weighted by Gasteiger charge is -2.21. The lowest BCUT2D eigenvalue weighted by atomic mass is 10.1. The second-order valence-corrected chi connectivity index (χ2v) is 6.12. The highest BCUT2D eigenvalue weighted by molar-refractivity contribution is 6.00. The molecule has 3 heterocycles. The molecular weight excluding hydrogens is 292 g/mol.